The molecular weight excluding hydrogens is 326 g/mol. The molecule has 2 aromatic rings. The van der Waals surface area contributed by atoms with Crippen LogP contribution in [-0.4, -0.2) is 19.1 Å². The van der Waals surface area contributed by atoms with Crippen LogP contribution in [0.2, 0.25) is 5.02 Å². The van der Waals surface area contributed by atoms with Gasteiger partial charge >= 0.3 is 0 Å². The Labute approximate surface area is 146 Å². The van der Waals surface area contributed by atoms with E-state index in [9.17, 15) is 4.79 Å². The van der Waals surface area contributed by atoms with Crippen molar-refractivity contribution in [1.29, 1.82) is 0 Å². The molecule has 0 atom stereocenters. The van der Waals surface area contributed by atoms with Crippen LogP contribution in [0.4, 0.5) is 5.69 Å². The summed E-state index contributed by atoms with van der Waals surface area (Å²) in [4.78, 5) is 12.8. The summed E-state index contributed by atoms with van der Waals surface area (Å²) in [6.45, 7) is 4.94. The van der Waals surface area contributed by atoms with Gasteiger partial charge in [-0.15, -0.1) is 0 Å². The Hall–Kier alpha value is -2.20. The van der Waals surface area contributed by atoms with Gasteiger partial charge in [-0.2, -0.15) is 0 Å². The van der Waals surface area contributed by atoms with Crippen LogP contribution >= 0.6 is 11.6 Å². The predicted molar refractivity (Wildman–Crippen MR) is 95.2 cm³/mol. The summed E-state index contributed by atoms with van der Waals surface area (Å²) in [6, 6.07) is 13.1. The van der Waals surface area contributed by atoms with Crippen molar-refractivity contribution in [2.24, 2.45) is 0 Å². The Bertz CT molecular complexity index is 744. The normalized spacial score (nSPS) is 14.0. The van der Waals surface area contributed by atoms with Crippen LogP contribution in [0.15, 0.2) is 42.5 Å². The highest BCUT2D eigenvalue weighted by Gasteiger charge is 2.30. The first-order valence-electron chi connectivity index (χ1n) is 7.94. The first kappa shape index (κ1) is 16.7. The number of amides is 1. The molecule has 0 aromatic heterocycles. The molecule has 126 valence electrons. The molecule has 0 radical (unpaired) electrons. The summed E-state index contributed by atoms with van der Waals surface area (Å²) in [5.74, 6) is 1.08. The van der Waals surface area contributed by atoms with Gasteiger partial charge in [0.25, 0.3) is 0 Å². The van der Waals surface area contributed by atoms with E-state index in [1.54, 1.807) is 12.1 Å². The smallest absolute Gasteiger partial charge is 0.234 e. The number of ether oxygens (including phenoxy) is 2. The third kappa shape index (κ3) is 3.34. The molecule has 0 bridgehead atoms. The van der Waals surface area contributed by atoms with Crippen LogP contribution < -0.4 is 14.8 Å². The number of carbonyl (C=O) groups is 1. The molecule has 0 saturated carbocycles. The van der Waals surface area contributed by atoms with Gasteiger partial charge in [-0.1, -0.05) is 41.9 Å². The molecule has 0 unspecified atom stereocenters. The van der Waals surface area contributed by atoms with E-state index in [2.05, 4.69) is 5.32 Å². The minimum atomic E-state index is -0.686. The molecule has 1 N–H and O–H groups in total. The van der Waals surface area contributed by atoms with E-state index < -0.39 is 5.41 Å². The fraction of sp³-hybridized carbons (Fsp3) is 0.316. The SMILES string of the molecule is CC(C)(C(=O)Nc1cc2c(cc1Cl)OCCCO2)c1ccccc1. The van der Waals surface area contributed by atoms with Crippen molar-refractivity contribution in [1.82, 2.24) is 0 Å². The molecule has 0 spiro atoms. The van der Waals surface area contributed by atoms with E-state index in [-0.39, 0.29) is 5.91 Å². The van der Waals surface area contributed by atoms with Crippen LogP contribution in [-0.2, 0) is 10.2 Å². The number of benzene rings is 2. The van der Waals surface area contributed by atoms with Crippen molar-refractivity contribution in [2.75, 3.05) is 18.5 Å². The molecule has 0 saturated heterocycles. The molecule has 3 rings (SSSR count). The summed E-state index contributed by atoms with van der Waals surface area (Å²) >= 11 is 6.30. The van der Waals surface area contributed by atoms with Crippen molar-refractivity contribution < 1.29 is 14.3 Å². The maximum Gasteiger partial charge on any atom is 0.234 e. The highest BCUT2D eigenvalue weighted by molar-refractivity contribution is 6.34. The Morgan fingerprint density at radius 1 is 1.08 bits per heavy atom. The van der Waals surface area contributed by atoms with E-state index in [0.717, 1.165) is 12.0 Å². The van der Waals surface area contributed by atoms with Gasteiger partial charge in [-0.25, -0.2) is 0 Å². The molecule has 4 nitrogen and oxygen atoms in total. The van der Waals surface area contributed by atoms with Crippen LogP contribution in [0.5, 0.6) is 11.5 Å². The molecule has 1 amide bonds. The van der Waals surface area contributed by atoms with Gasteiger partial charge in [0.05, 0.1) is 29.3 Å². The predicted octanol–water partition coefficient (Wildman–Crippen LogP) is 4.42. The summed E-state index contributed by atoms with van der Waals surface area (Å²) in [7, 11) is 0. The topological polar surface area (TPSA) is 47.6 Å². The number of hydrogen-bond donors (Lipinski definition) is 1. The molecule has 5 heteroatoms. The van der Waals surface area contributed by atoms with Gasteiger partial charge in [0.2, 0.25) is 5.91 Å². The maximum atomic E-state index is 12.8. The van der Waals surface area contributed by atoms with Crippen LogP contribution in [0.25, 0.3) is 0 Å². The highest BCUT2D eigenvalue weighted by atomic mass is 35.5. The largest absolute Gasteiger partial charge is 0.490 e. The fourth-order valence-corrected chi connectivity index (χ4v) is 2.75. The van der Waals surface area contributed by atoms with Crippen molar-refractivity contribution in [2.45, 2.75) is 25.7 Å². The molecular formula is C19H20ClNO3. The number of hydrogen-bond acceptors (Lipinski definition) is 3. The van der Waals surface area contributed by atoms with E-state index in [1.165, 1.54) is 0 Å². The average molecular weight is 346 g/mol. The van der Waals surface area contributed by atoms with Gasteiger partial charge in [-0.05, 0) is 19.4 Å². The zero-order chi connectivity index (χ0) is 17.2. The lowest BCUT2D eigenvalue weighted by molar-refractivity contribution is -0.120. The number of nitrogens with one attached hydrogen (secondary N) is 1. The lowest BCUT2D eigenvalue weighted by Gasteiger charge is -2.24. The van der Waals surface area contributed by atoms with Gasteiger partial charge in [0, 0.05) is 18.6 Å². The zero-order valence-corrected chi connectivity index (χ0v) is 14.5. The highest BCUT2D eigenvalue weighted by Crippen LogP contribution is 2.38. The fourth-order valence-electron chi connectivity index (χ4n) is 2.54. The van der Waals surface area contributed by atoms with Crippen LogP contribution in [0.3, 0.4) is 0 Å². The molecule has 24 heavy (non-hydrogen) atoms. The van der Waals surface area contributed by atoms with E-state index in [1.807, 2.05) is 44.2 Å². The second-order valence-electron chi connectivity index (χ2n) is 6.27. The first-order chi connectivity index (χ1) is 11.5. The van der Waals surface area contributed by atoms with Gasteiger partial charge in [0.1, 0.15) is 0 Å². The number of carbonyl (C=O) groups excluding carboxylic acids is 1. The zero-order valence-electron chi connectivity index (χ0n) is 13.8. The first-order valence-corrected chi connectivity index (χ1v) is 8.32. The maximum absolute atomic E-state index is 12.8. The van der Waals surface area contributed by atoms with Crippen molar-refractivity contribution in [3.8, 4) is 11.5 Å². The Balaban J connectivity index is 1.85. The van der Waals surface area contributed by atoms with Crippen molar-refractivity contribution in [3.63, 3.8) is 0 Å². The minimum absolute atomic E-state index is 0.134. The molecule has 0 fully saturated rings. The number of fused-ring (bicyclic) bond motifs is 1. The van der Waals surface area contributed by atoms with E-state index in [0.29, 0.717) is 35.4 Å². The second kappa shape index (κ2) is 6.73. The van der Waals surface area contributed by atoms with E-state index in [4.69, 9.17) is 21.1 Å². The van der Waals surface area contributed by atoms with Crippen molar-refractivity contribution >= 4 is 23.2 Å². The molecule has 1 heterocycles. The minimum Gasteiger partial charge on any atom is -0.490 e. The molecule has 2 aromatic carbocycles. The summed E-state index contributed by atoms with van der Waals surface area (Å²) in [5.41, 5.74) is 0.775. The number of anilines is 1. The average Bonchev–Trinajstić information content (AvgIpc) is 2.80. The second-order valence-corrected chi connectivity index (χ2v) is 6.68. The van der Waals surface area contributed by atoms with Crippen LogP contribution in [0, 0.1) is 0 Å². The van der Waals surface area contributed by atoms with Gasteiger partial charge in [0.15, 0.2) is 11.5 Å². The van der Waals surface area contributed by atoms with E-state index >= 15 is 0 Å². The Kier molecular flexibility index (Phi) is 4.67. The molecule has 1 aliphatic rings. The van der Waals surface area contributed by atoms with Crippen LogP contribution in [0.1, 0.15) is 25.8 Å². The quantitative estimate of drug-likeness (QED) is 0.895. The standard InChI is InChI=1S/C19H20ClNO3/c1-19(2,13-7-4-3-5-8-13)18(22)21-15-12-17-16(11-14(15)20)23-9-6-10-24-17/h3-5,7-8,11-12H,6,9-10H2,1-2H3,(H,21,22). The molecule has 1 aliphatic heterocycles. The summed E-state index contributed by atoms with van der Waals surface area (Å²) in [6.07, 6.45) is 0.815. The Morgan fingerprint density at radius 2 is 1.71 bits per heavy atom. The number of rotatable bonds is 3. The lowest BCUT2D eigenvalue weighted by Crippen LogP contribution is -2.34. The molecule has 0 aliphatic carbocycles. The third-order valence-electron chi connectivity index (χ3n) is 4.15. The van der Waals surface area contributed by atoms with Gasteiger partial charge in [-0.3, -0.25) is 4.79 Å². The van der Waals surface area contributed by atoms with Gasteiger partial charge < -0.3 is 14.8 Å². The Morgan fingerprint density at radius 3 is 2.38 bits per heavy atom. The van der Waals surface area contributed by atoms with Crippen molar-refractivity contribution in [3.05, 3.63) is 53.1 Å². The summed E-state index contributed by atoms with van der Waals surface area (Å²) < 4.78 is 11.3. The summed E-state index contributed by atoms with van der Waals surface area (Å²) in [5, 5.41) is 3.34. The lowest BCUT2D eigenvalue weighted by atomic mass is 9.83. The third-order valence-corrected chi connectivity index (χ3v) is 4.46. The monoisotopic (exact) mass is 345 g/mol. The number of halogens is 1.